The fourth-order valence-electron chi connectivity index (χ4n) is 0.286. The summed E-state index contributed by atoms with van der Waals surface area (Å²) in [7, 11) is 0. The molecule has 0 aliphatic rings. The Bertz CT molecular complexity index is 174. The van der Waals surface area contributed by atoms with Crippen LogP contribution in [0.4, 0.5) is 0 Å². The van der Waals surface area contributed by atoms with Crippen molar-refractivity contribution in [3.63, 3.8) is 0 Å². The van der Waals surface area contributed by atoms with E-state index in [0.29, 0.717) is 0 Å². The van der Waals surface area contributed by atoms with Crippen LogP contribution in [0, 0.1) is 0 Å². The van der Waals surface area contributed by atoms with Crippen LogP contribution in [0.15, 0.2) is 0 Å². The first kappa shape index (κ1) is 18.5. The van der Waals surface area contributed by atoms with Crippen LogP contribution in [0.1, 0.15) is 7.85 Å². The van der Waals surface area contributed by atoms with Crippen LogP contribution in [-0.4, -0.2) is 62.6 Å². The second-order valence-corrected chi connectivity index (χ2v) is 1.69. The zero-order chi connectivity index (χ0) is 8.36. The molecule has 0 saturated carbocycles. The number of aliphatic hydroxyl groups is 2. The van der Waals surface area contributed by atoms with Crippen molar-refractivity contribution < 1.29 is 61.0 Å². The summed E-state index contributed by atoms with van der Waals surface area (Å²) >= 11 is 0. The number of carbonyl (C=O) groups is 2. The van der Waals surface area contributed by atoms with Crippen molar-refractivity contribution in [3.8, 4) is 0 Å². The van der Waals surface area contributed by atoms with Gasteiger partial charge in [-0.1, -0.05) is 0 Å². The standard InChI is InChI=1S/C4H6O6.Na.Sb.4H/c5-2(6)1-4(9,10)3(7)8;;;;;;/h9-10H,1H2,(H,5,6)(H,7,8);;;;;;/q;+1;;;;;-1. The van der Waals surface area contributed by atoms with Gasteiger partial charge in [-0.3, -0.25) is 4.79 Å². The monoisotopic (exact) mass is 298 g/mol. The van der Waals surface area contributed by atoms with Crippen molar-refractivity contribution in [2.24, 2.45) is 0 Å². The summed E-state index contributed by atoms with van der Waals surface area (Å²) in [6, 6.07) is 0. The molecule has 0 aliphatic heterocycles. The minimum atomic E-state index is -3.16. The fourth-order valence-corrected chi connectivity index (χ4v) is 0.286. The van der Waals surface area contributed by atoms with Crippen LogP contribution in [0.25, 0.3) is 0 Å². The maximum atomic E-state index is 9.79. The molecule has 4 N–H and O–H groups in total. The predicted molar refractivity (Wildman–Crippen MR) is 38.1 cm³/mol. The molecule has 0 aromatic carbocycles. The summed E-state index contributed by atoms with van der Waals surface area (Å²) in [6.07, 6.45) is -1.23. The summed E-state index contributed by atoms with van der Waals surface area (Å²) in [5, 5.41) is 32.5. The van der Waals surface area contributed by atoms with Gasteiger partial charge in [-0.15, -0.1) is 0 Å². The molecular weight excluding hydrogens is 289 g/mol. The van der Waals surface area contributed by atoms with E-state index >= 15 is 0 Å². The molecule has 0 amide bonds. The molecule has 0 aromatic rings. The summed E-state index contributed by atoms with van der Waals surface area (Å²) in [6.45, 7) is 0. The van der Waals surface area contributed by atoms with E-state index in [0.717, 1.165) is 0 Å². The van der Waals surface area contributed by atoms with E-state index in [9.17, 15) is 9.59 Å². The van der Waals surface area contributed by atoms with E-state index in [2.05, 4.69) is 0 Å². The van der Waals surface area contributed by atoms with E-state index in [1.54, 1.807) is 0 Å². The number of carboxylic acids is 2. The molecule has 0 unspecified atom stereocenters. The fraction of sp³-hybridized carbons (Fsp3) is 0.500. The Morgan fingerprint density at radius 3 is 1.67 bits per heavy atom. The molecule has 68 valence electrons. The SMILES string of the molecule is O=C(O)CC(O)(O)C(=O)O.[H-].[Na+].[SbH3]. The van der Waals surface area contributed by atoms with Crippen molar-refractivity contribution in [1.82, 2.24) is 0 Å². The van der Waals surface area contributed by atoms with E-state index in [-0.39, 0.29) is 55.4 Å². The van der Waals surface area contributed by atoms with Gasteiger partial charge in [0, 0.05) is 0 Å². The molecule has 0 heterocycles. The third kappa shape index (κ3) is 7.33. The molecule has 0 fully saturated rings. The Kier molecular flexibility index (Phi) is 10.9. The van der Waals surface area contributed by atoms with Gasteiger partial charge in [-0.05, 0) is 0 Å². The third-order valence-corrected chi connectivity index (χ3v) is 0.740. The molecule has 0 atom stereocenters. The molecule has 6 nitrogen and oxygen atoms in total. The molecule has 0 aromatic heterocycles. The van der Waals surface area contributed by atoms with Crippen molar-refractivity contribution in [3.05, 3.63) is 0 Å². The molecule has 12 heavy (non-hydrogen) atoms. The van der Waals surface area contributed by atoms with E-state index in [1.165, 1.54) is 0 Å². The molecule has 0 aliphatic carbocycles. The second-order valence-electron chi connectivity index (χ2n) is 1.69. The van der Waals surface area contributed by atoms with Gasteiger partial charge in [0.25, 0.3) is 5.79 Å². The average Bonchev–Trinajstić information content (AvgIpc) is 1.60. The van der Waals surface area contributed by atoms with Crippen molar-refractivity contribution >= 4 is 36.4 Å². The van der Waals surface area contributed by atoms with Gasteiger partial charge >= 0.3 is 65.9 Å². The molecule has 0 spiro atoms. The summed E-state index contributed by atoms with van der Waals surface area (Å²) in [5.74, 6) is -6.73. The van der Waals surface area contributed by atoms with Gasteiger partial charge in [-0.25, -0.2) is 4.79 Å². The van der Waals surface area contributed by atoms with E-state index in [4.69, 9.17) is 20.4 Å². The van der Waals surface area contributed by atoms with Gasteiger partial charge < -0.3 is 21.9 Å². The number of carboxylic acid groups (broad SMARTS) is 2. The van der Waals surface area contributed by atoms with Crippen LogP contribution in [0.3, 0.4) is 0 Å². The van der Waals surface area contributed by atoms with Crippen molar-refractivity contribution in [1.29, 1.82) is 0 Å². The van der Waals surface area contributed by atoms with Gasteiger partial charge in [0.05, 0.1) is 0 Å². The quantitative estimate of drug-likeness (QED) is 0.305. The Morgan fingerprint density at radius 1 is 1.25 bits per heavy atom. The molecule has 0 saturated heterocycles. The summed E-state index contributed by atoms with van der Waals surface area (Å²) < 4.78 is 0. The Labute approximate surface area is 109 Å². The van der Waals surface area contributed by atoms with Crippen LogP contribution in [-0.2, 0) is 9.59 Å². The maximum absolute atomic E-state index is 9.79. The first-order valence-corrected chi connectivity index (χ1v) is 2.26. The molecule has 0 radical (unpaired) electrons. The van der Waals surface area contributed by atoms with Crippen LogP contribution in [0.5, 0.6) is 0 Å². The normalized spacial score (nSPS) is 9.17. The zero-order valence-corrected chi connectivity index (χ0v) is 12.6. The number of rotatable bonds is 3. The summed E-state index contributed by atoms with van der Waals surface area (Å²) in [4.78, 5) is 19.5. The summed E-state index contributed by atoms with van der Waals surface area (Å²) in [5.41, 5.74) is 0. The van der Waals surface area contributed by atoms with Gasteiger partial charge in [0.2, 0.25) is 0 Å². The predicted octanol–water partition coefficient (Wildman–Crippen LogP) is -5.84. The second kappa shape index (κ2) is 7.12. The Hall–Kier alpha value is 0.678. The van der Waals surface area contributed by atoms with Crippen LogP contribution in [0.2, 0.25) is 0 Å². The molecule has 0 rings (SSSR count). The third-order valence-electron chi connectivity index (χ3n) is 0.740. The van der Waals surface area contributed by atoms with E-state index in [1.807, 2.05) is 0 Å². The van der Waals surface area contributed by atoms with Gasteiger partial charge in [-0.2, -0.15) is 0 Å². The zero-order valence-electron chi connectivity index (χ0n) is 7.52. The molecular formula is C4H10NaO6Sb. The molecule has 0 bridgehead atoms. The number of hydrogen-bond acceptors (Lipinski definition) is 4. The first-order valence-electron chi connectivity index (χ1n) is 2.26. The van der Waals surface area contributed by atoms with Crippen LogP contribution < -0.4 is 29.6 Å². The van der Waals surface area contributed by atoms with Gasteiger partial charge in [0.15, 0.2) is 0 Å². The average molecular weight is 299 g/mol. The Balaban J connectivity index is -0.000000135. The molecule has 8 heteroatoms. The van der Waals surface area contributed by atoms with Gasteiger partial charge in [0.1, 0.15) is 6.42 Å². The van der Waals surface area contributed by atoms with Crippen molar-refractivity contribution in [2.75, 3.05) is 0 Å². The minimum absolute atomic E-state index is 0. The Morgan fingerprint density at radius 2 is 1.58 bits per heavy atom. The van der Waals surface area contributed by atoms with Crippen molar-refractivity contribution in [2.45, 2.75) is 12.2 Å². The topological polar surface area (TPSA) is 115 Å². The number of aliphatic carboxylic acids is 2. The van der Waals surface area contributed by atoms with E-state index < -0.39 is 24.1 Å². The number of hydrogen-bond donors (Lipinski definition) is 4. The van der Waals surface area contributed by atoms with Crippen LogP contribution >= 0.6 is 0 Å². The first-order chi connectivity index (χ1) is 4.36.